The number of nitrogens with zero attached hydrogens (tertiary/aromatic N) is 1. The van der Waals surface area contributed by atoms with E-state index in [4.69, 9.17) is 5.26 Å². The molecule has 0 spiro atoms. The molecule has 0 N–H and O–H groups in total. The van der Waals surface area contributed by atoms with Gasteiger partial charge in [-0.3, -0.25) is 9.59 Å². The van der Waals surface area contributed by atoms with Gasteiger partial charge < -0.3 is 0 Å². The number of carbonyl (C=O) groups is 2. The summed E-state index contributed by atoms with van der Waals surface area (Å²) in [5.74, 6) is 0. The molecule has 64 valence electrons. The van der Waals surface area contributed by atoms with E-state index in [9.17, 15) is 9.59 Å². The summed E-state index contributed by atoms with van der Waals surface area (Å²) in [6.45, 7) is 1.69. The fourth-order valence-electron chi connectivity index (χ4n) is 1.14. The molecule has 0 aliphatic rings. The molecule has 0 amide bonds. The molecule has 0 atom stereocenters. The van der Waals surface area contributed by atoms with Crippen molar-refractivity contribution in [2.75, 3.05) is 0 Å². The third-order valence-corrected chi connectivity index (χ3v) is 1.78. The molecule has 0 saturated heterocycles. The lowest BCUT2D eigenvalue weighted by Crippen LogP contribution is -1.94. The number of carbonyl (C=O) groups excluding carboxylic acids is 2. The van der Waals surface area contributed by atoms with Gasteiger partial charge in [0.1, 0.15) is 6.29 Å². The Hall–Kier alpha value is -1.95. The smallest absolute Gasteiger partial charge is 0.151 e. The fraction of sp³-hybridized carbons (Fsp3) is 0.100. The summed E-state index contributed by atoms with van der Waals surface area (Å²) in [6, 6.07) is 4.86. The maximum atomic E-state index is 10.6. The summed E-state index contributed by atoms with van der Waals surface area (Å²) in [5.41, 5.74) is 1.67. The van der Waals surface area contributed by atoms with Gasteiger partial charge in [0, 0.05) is 11.1 Å². The summed E-state index contributed by atoms with van der Waals surface area (Å²) < 4.78 is 0. The van der Waals surface area contributed by atoms with E-state index in [1.807, 2.05) is 6.07 Å². The second kappa shape index (κ2) is 3.63. The summed E-state index contributed by atoms with van der Waals surface area (Å²) in [6.07, 6.45) is 1.28. The Morgan fingerprint density at radius 1 is 1.31 bits per heavy atom. The maximum Gasteiger partial charge on any atom is 0.151 e. The molecular weight excluding hydrogens is 166 g/mol. The molecule has 1 rings (SSSR count). The van der Waals surface area contributed by atoms with E-state index in [1.54, 1.807) is 13.0 Å². The minimum Gasteiger partial charge on any atom is -0.298 e. The molecule has 0 aliphatic heterocycles. The van der Waals surface area contributed by atoms with E-state index < -0.39 is 0 Å². The van der Waals surface area contributed by atoms with Gasteiger partial charge in [-0.05, 0) is 24.6 Å². The van der Waals surface area contributed by atoms with E-state index in [0.717, 1.165) is 0 Å². The van der Waals surface area contributed by atoms with Crippen molar-refractivity contribution in [3.05, 3.63) is 34.4 Å². The minimum absolute atomic E-state index is 0.247. The zero-order chi connectivity index (χ0) is 9.84. The number of nitriles is 1. The third-order valence-electron chi connectivity index (χ3n) is 1.78. The molecule has 13 heavy (non-hydrogen) atoms. The van der Waals surface area contributed by atoms with Crippen LogP contribution < -0.4 is 0 Å². The van der Waals surface area contributed by atoms with Gasteiger partial charge >= 0.3 is 0 Å². The van der Waals surface area contributed by atoms with Crippen LogP contribution in [0.4, 0.5) is 0 Å². The van der Waals surface area contributed by atoms with Gasteiger partial charge in [0.2, 0.25) is 0 Å². The monoisotopic (exact) mass is 173 g/mol. The summed E-state index contributed by atoms with van der Waals surface area (Å²) in [5, 5.41) is 8.67. The molecule has 3 nitrogen and oxygen atoms in total. The van der Waals surface area contributed by atoms with Crippen LogP contribution in [-0.4, -0.2) is 12.6 Å². The van der Waals surface area contributed by atoms with Crippen LogP contribution >= 0.6 is 0 Å². The average Bonchev–Trinajstić information content (AvgIpc) is 2.16. The number of hydrogen-bond acceptors (Lipinski definition) is 3. The number of rotatable bonds is 2. The number of aldehydes is 2. The Kier molecular flexibility index (Phi) is 2.56. The van der Waals surface area contributed by atoms with Gasteiger partial charge in [-0.25, -0.2) is 0 Å². The van der Waals surface area contributed by atoms with E-state index in [1.165, 1.54) is 6.07 Å². The molecule has 0 aliphatic carbocycles. The van der Waals surface area contributed by atoms with Crippen LogP contribution in [0, 0.1) is 18.3 Å². The molecule has 3 heteroatoms. The highest BCUT2D eigenvalue weighted by Gasteiger charge is 2.06. The van der Waals surface area contributed by atoms with Crippen LogP contribution in [0.15, 0.2) is 12.1 Å². The van der Waals surface area contributed by atoms with Crippen LogP contribution in [0.3, 0.4) is 0 Å². The van der Waals surface area contributed by atoms with Gasteiger partial charge in [-0.15, -0.1) is 0 Å². The van der Waals surface area contributed by atoms with Crippen molar-refractivity contribution in [1.29, 1.82) is 5.26 Å². The van der Waals surface area contributed by atoms with Gasteiger partial charge in [0.15, 0.2) is 6.29 Å². The van der Waals surface area contributed by atoms with Crippen molar-refractivity contribution in [1.82, 2.24) is 0 Å². The molecule has 1 aromatic rings. The first kappa shape index (κ1) is 9.14. The molecule has 0 aromatic heterocycles. The summed E-state index contributed by atoms with van der Waals surface area (Å²) in [7, 11) is 0. The molecule has 0 saturated carbocycles. The third kappa shape index (κ3) is 1.62. The Balaban J connectivity index is 3.48. The van der Waals surface area contributed by atoms with Gasteiger partial charge in [0.05, 0.1) is 11.6 Å². The quantitative estimate of drug-likeness (QED) is 0.636. The van der Waals surface area contributed by atoms with Gasteiger partial charge in [0.25, 0.3) is 0 Å². The van der Waals surface area contributed by atoms with Crippen LogP contribution in [0.1, 0.15) is 31.8 Å². The largest absolute Gasteiger partial charge is 0.298 e. The van der Waals surface area contributed by atoms with Gasteiger partial charge in [-0.1, -0.05) is 0 Å². The second-order valence-electron chi connectivity index (χ2n) is 2.65. The molecule has 0 fully saturated rings. The van der Waals surface area contributed by atoms with Crippen LogP contribution in [0.2, 0.25) is 0 Å². The van der Waals surface area contributed by atoms with E-state index in [0.29, 0.717) is 29.3 Å². The predicted octanol–water partition coefficient (Wildman–Crippen LogP) is 1.49. The number of hydrogen-bond donors (Lipinski definition) is 0. The molecule has 0 unspecified atom stereocenters. The highest BCUT2D eigenvalue weighted by atomic mass is 16.1. The SMILES string of the molecule is Cc1cc(C=O)cc(C#N)c1C=O. The Labute approximate surface area is 75.6 Å². The zero-order valence-electron chi connectivity index (χ0n) is 7.07. The summed E-state index contributed by atoms with van der Waals surface area (Å²) >= 11 is 0. The zero-order valence-corrected chi connectivity index (χ0v) is 7.07. The first-order valence-electron chi connectivity index (χ1n) is 3.68. The normalized spacial score (nSPS) is 8.92. The second-order valence-corrected chi connectivity index (χ2v) is 2.65. The molecule has 1 aromatic carbocycles. The predicted molar refractivity (Wildman–Crippen MR) is 46.7 cm³/mol. The van der Waals surface area contributed by atoms with Crippen LogP contribution in [0.5, 0.6) is 0 Å². The van der Waals surface area contributed by atoms with Crippen LogP contribution in [-0.2, 0) is 0 Å². The Morgan fingerprint density at radius 2 is 2.00 bits per heavy atom. The number of benzene rings is 1. The lowest BCUT2D eigenvalue weighted by molar-refractivity contribution is 0.111. The van der Waals surface area contributed by atoms with Crippen LogP contribution in [0.25, 0.3) is 0 Å². The molecule has 0 bridgehead atoms. The van der Waals surface area contributed by atoms with Crippen molar-refractivity contribution in [3.8, 4) is 6.07 Å². The lowest BCUT2D eigenvalue weighted by Gasteiger charge is -2.01. The topological polar surface area (TPSA) is 57.9 Å². The fourth-order valence-corrected chi connectivity index (χ4v) is 1.14. The maximum absolute atomic E-state index is 10.6. The molecule has 0 heterocycles. The van der Waals surface area contributed by atoms with Crippen molar-refractivity contribution >= 4 is 12.6 Å². The lowest BCUT2D eigenvalue weighted by atomic mass is 10.0. The molecular formula is C10H7NO2. The highest BCUT2D eigenvalue weighted by molar-refractivity contribution is 5.85. The van der Waals surface area contributed by atoms with Crippen molar-refractivity contribution < 1.29 is 9.59 Å². The van der Waals surface area contributed by atoms with Crippen molar-refractivity contribution in [2.45, 2.75) is 6.92 Å². The van der Waals surface area contributed by atoms with Crippen molar-refractivity contribution in [2.24, 2.45) is 0 Å². The van der Waals surface area contributed by atoms with E-state index in [2.05, 4.69) is 0 Å². The Morgan fingerprint density at radius 3 is 2.46 bits per heavy atom. The minimum atomic E-state index is 0.247. The summed E-state index contributed by atoms with van der Waals surface area (Å²) in [4.78, 5) is 21.0. The van der Waals surface area contributed by atoms with E-state index >= 15 is 0 Å². The van der Waals surface area contributed by atoms with Crippen molar-refractivity contribution in [3.63, 3.8) is 0 Å². The average molecular weight is 173 g/mol. The Bertz CT molecular complexity index is 402. The highest BCUT2D eigenvalue weighted by Crippen LogP contribution is 2.13. The van der Waals surface area contributed by atoms with E-state index in [-0.39, 0.29) is 5.56 Å². The first-order chi connectivity index (χ1) is 6.22. The first-order valence-corrected chi connectivity index (χ1v) is 3.68. The number of aryl methyl sites for hydroxylation is 1. The standard InChI is InChI=1S/C10H7NO2/c1-7-2-8(5-12)3-9(4-11)10(7)6-13/h2-3,5-6H,1H3. The molecule has 0 radical (unpaired) electrons. The van der Waals surface area contributed by atoms with Gasteiger partial charge in [-0.2, -0.15) is 5.26 Å².